The maximum absolute atomic E-state index is 11.6. The van der Waals surface area contributed by atoms with Crippen molar-refractivity contribution in [1.29, 1.82) is 0 Å². The van der Waals surface area contributed by atoms with Gasteiger partial charge in [0.2, 0.25) is 0 Å². The summed E-state index contributed by atoms with van der Waals surface area (Å²) in [7, 11) is 0. The summed E-state index contributed by atoms with van der Waals surface area (Å²) in [6.07, 6.45) is 2.84. The predicted octanol–water partition coefficient (Wildman–Crippen LogP) is 0.554. The number of rotatable bonds is 4. The molecule has 3 N–H and O–H groups in total. The van der Waals surface area contributed by atoms with Crippen molar-refractivity contribution in [3.63, 3.8) is 0 Å². The van der Waals surface area contributed by atoms with Crippen LogP contribution in [0.5, 0.6) is 5.75 Å². The summed E-state index contributed by atoms with van der Waals surface area (Å²) in [6.45, 7) is 0.149. The Morgan fingerprint density at radius 3 is 2.64 bits per heavy atom. The molecule has 1 heterocycles. The Bertz CT molecular complexity index is 686. The number of carbonyl (C=O) groups excluding carboxylic acids is 2. The van der Waals surface area contributed by atoms with E-state index in [4.69, 9.17) is 0 Å². The molecule has 1 aromatic carbocycles. The smallest absolute Gasteiger partial charge is 0.329 e. The molecule has 0 aliphatic carbocycles. The number of phenolic OH excluding ortho intramolecular Hbond substituents is 1. The number of carbonyl (C=O) groups is 2. The van der Waals surface area contributed by atoms with Crippen LogP contribution in [0.2, 0.25) is 0 Å². The Morgan fingerprint density at radius 2 is 1.91 bits per heavy atom. The number of para-hydroxylation sites is 1. The monoisotopic (exact) mass is 298 g/mol. The highest BCUT2D eigenvalue weighted by Gasteiger charge is 2.12. The fourth-order valence-corrected chi connectivity index (χ4v) is 1.56. The topological polar surface area (TPSA) is 104 Å². The molecule has 0 saturated heterocycles. The molecule has 7 heteroatoms. The van der Waals surface area contributed by atoms with E-state index in [1.54, 1.807) is 42.6 Å². The second kappa shape index (κ2) is 7.53. The third-order valence-electron chi connectivity index (χ3n) is 2.67. The Labute approximate surface area is 126 Å². The van der Waals surface area contributed by atoms with Crippen molar-refractivity contribution in [2.75, 3.05) is 0 Å². The van der Waals surface area contributed by atoms with Crippen LogP contribution >= 0.6 is 0 Å². The number of phenols is 1. The van der Waals surface area contributed by atoms with Crippen molar-refractivity contribution in [3.8, 4) is 5.75 Å². The van der Waals surface area contributed by atoms with E-state index >= 15 is 0 Å². The van der Waals surface area contributed by atoms with Gasteiger partial charge in [0.1, 0.15) is 5.75 Å². The van der Waals surface area contributed by atoms with Crippen molar-refractivity contribution in [2.24, 2.45) is 5.10 Å². The van der Waals surface area contributed by atoms with Crippen molar-refractivity contribution < 1.29 is 14.7 Å². The zero-order valence-corrected chi connectivity index (χ0v) is 11.6. The highest BCUT2D eigenvalue weighted by atomic mass is 16.3. The number of hydrazone groups is 1. The van der Waals surface area contributed by atoms with Gasteiger partial charge in [-0.1, -0.05) is 18.2 Å². The molecule has 2 aromatic rings. The lowest BCUT2D eigenvalue weighted by Crippen LogP contribution is -2.37. The maximum atomic E-state index is 11.6. The molecule has 112 valence electrons. The molecule has 2 amide bonds. The molecule has 0 aliphatic heterocycles. The van der Waals surface area contributed by atoms with E-state index in [0.717, 1.165) is 0 Å². The van der Waals surface area contributed by atoms with Crippen molar-refractivity contribution in [1.82, 2.24) is 15.7 Å². The predicted molar refractivity (Wildman–Crippen MR) is 79.9 cm³/mol. The number of hydrogen-bond acceptors (Lipinski definition) is 5. The molecule has 0 atom stereocenters. The van der Waals surface area contributed by atoms with Crippen molar-refractivity contribution in [2.45, 2.75) is 6.54 Å². The molecule has 0 radical (unpaired) electrons. The molecule has 0 bridgehead atoms. The zero-order chi connectivity index (χ0) is 15.8. The highest BCUT2D eigenvalue weighted by molar-refractivity contribution is 6.35. The Kier molecular flexibility index (Phi) is 5.20. The first-order chi connectivity index (χ1) is 10.7. The van der Waals surface area contributed by atoms with Gasteiger partial charge < -0.3 is 10.4 Å². The number of hydrogen-bond donors (Lipinski definition) is 3. The van der Waals surface area contributed by atoms with E-state index in [1.807, 2.05) is 0 Å². The lowest BCUT2D eigenvalue weighted by Gasteiger charge is -2.03. The molecular weight excluding hydrogens is 284 g/mol. The molecule has 0 aliphatic rings. The van der Waals surface area contributed by atoms with Crippen LogP contribution in [0, 0.1) is 0 Å². The number of aromatic nitrogens is 1. The normalized spacial score (nSPS) is 10.4. The van der Waals surface area contributed by atoms with Gasteiger partial charge in [0.05, 0.1) is 18.5 Å². The van der Waals surface area contributed by atoms with Crippen molar-refractivity contribution in [3.05, 3.63) is 59.9 Å². The van der Waals surface area contributed by atoms with E-state index < -0.39 is 11.8 Å². The maximum Gasteiger partial charge on any atom is 0.329 e. The van der Waals surface area contributed by atoms with Gasteiger partial charge in [-0.15, -0.1) is 0 Å². The van der Waals surface area contributed by atoms with Gasteiger partial charge >= 0.3 is 11.8 Å². The molecule has 0 spiro atoms. The number of aromatic hydroxyl groups is 1. The highest BCUT2D eigenvalue weighted by Crippen LogP contribution is 2.12. The van der Waals surface area contributed by atoms with Crippen LogP contribution in [0.1, 0.15) is 11.3 Å². The lowest BCUT2D eigenvalue weighted by atomic mass is 10.2. The average molecular weight is 298 g/mol. The summed E-state index contributed by atoms with van der Waals surface area (Å²) in [6, 6.07) is 11.7. The molecular formula is C15H14N4O3. The van der Waals surface area contributed by atoms with E-state index in [-0.39, 0.29) is 12.3 Å². The van der Waals surface area contributed by atoms with Crippen LogP contribution in [-0.2, 0) is 16.1 Å². The zero-order valence-electron chi connectivity index (χ0n) is 11.6. The lowest BCUT2D eigenvalue weighted by molar-refractivity contribution is -0.139. The fraction of sp³-hybridized carbons (Fsp3) is 0.0667. The molecule has 22 heavy (non-hydrogen) atoms. The van der Waals surface area contributed by atoms with Gasteiger partial charge in [0.25, 0.3) is 0 Å². The number of benzene rings is 1. The Balaban J connectivity index is 1.82. The first-order valence-electron chi connectivity index (χ1n) is 6.46. The van der Waals surface area contributed by atoms with Gasteiger partial charge in [0, 0.05) is 11.8 Å². The number of pyridine rings is 1. The van der Waals surface area contributed by atoms with Crippen molar-refractivity contribution >= 4 is 18.0 Å². The third-order valence-corrected chi connectivity index (χ3v) is 2.67. The second-order valence-corrected chi connectivity index (χ2v) is 4.26. The molecule has 7 nitrogen and oxygen atoms in total. The minimum Gasteiger partial charge on any atom is -0.507 e. The quantitative estimate of drug-likeness (QED) is 0.435. The summed E-state index contributed by atoms with van der Waals surface area (Å²) in [5.41, 5.74) is 3.15. The van der Waals surface area contributed by atoms with E-state index in [1.165, 1.54) is 12.3 Å². The van der Waals surface area contributed by atoms with E-state index in [0.29, 0.717) is 11.3 Å². The number of nitrogens with zero attached hydrogens (tertiary/aromatic N) is 2. The SMILES string of the molecule is O=C(NCc1ccccn1)C(=O)NN=Cc1ccccc1O. The largest absolute Gasteiger partial charge is 0.507 e. The number of amides is 2. The van der Waals surface area contributed by atoms with Crippen LogP contribution in [0.3, 0.4) is 0 Å². The first kappa shape index (κ1) is 15.2. The third kappa shape index (κ3) is 4.41. The summed E-state index contributed by atoms with van der Waals surface area (Å²) in [5, 5.41) is 15.5. The van der Waals surface area contributed by atoms with Crippen LogP contribution < -0.4 is 10.7 Å². The average Bonchev–Trinajstić information content (AvgIpc) is 2.55. The van der Waals surface area contributed by atoms with Gasteiger partial charge in [-0.3, -0.25) is 14.6 Å². The van der Waals surface area contributed by atoms with Gasteiger partial charge in [-0.05, 0) is 24.3 Å². The minimum absolute atomic E-state index is 0.0279. The second-order valence-electron chi connectivity index (χ2n) is 4.26. The summed E-state index contributed by atoms with van der Waals surface area (Å²) < 4.78 is 0. The van der Waals surface area contributed by atoms with Crippen LogP contribution in [-0.4, -0.2) is 28.1 Å². The molecule has 0 fully saturated rings. The van der Waals surface area contributed by atoms with Gasteiger partial charge in [0.15, 0.2) is 0 Å². The van der Waals surface area contributed by atoms with E-state index in [9.17, 15) is 14.7 Å². The summed E-state index contributed by atoms with van der Waals surface area (Å²) in [5.74, 6) is -1.69. The standard InChI is InChI=1S/C15H14N4O3/c20-13-7-2-1-5-11(13)9-18-19-15(22)14(21)17-10-12-6-3-4-8-16-12/h1-9,20H,10H2,(H,17,21)(H,19,22). The van der Waals surface area contributed by atoms with Gasteiger partial charge in [-0.25, -0.2) is 5.43 Å². The van der Waals surface area contributed by atoms with Crippen LogP contribution in [0.15, 0.2) is 53.8 Å². The fourth-order valence-electron chi connectivity index (χ4n) is 1.56. The molecule has 1 aromatic heterocycles. The summed E-state index contributed by atoms with van der Waals surface area (Å²) in [4.78, 5) is 27.1. The van der Waals surface area contributed by atoms with E-state index in [2.05, 4.69) is 20.8 Å². The Hall–Kier alpha value is -3.22. The van der Waals surface area contributed by atoms with Gasteiger partial charge in [-0.2, -0.15) is 5.10 Å². The minimum atomic E-state index is -0.900. The molecule has 2 rings (SSSR count). The van der Waals surface area contributed by atoms with Crippen LogP contribution in [0.4, 0.5) is 0 Å². The summed E-state index contributed by atoms with van der Waals surface area (Å²) >= 11 is 0. The molecule has 0 saturated carbocycles. The molecule has 0 unspecified atom stereocenters. The van der Waals surface area contributed by atoms with Crippen LogP contribution in [0.25, 0.3) is 0 Å². The first-order valence-corrected chi connectivity index (χ1v) is 6.46. The Morgan fingerprint density at radius 1 is 1.14 bits per heavy atom. The number of nitrogens with one attached hydrogen (secondary N) is 2.